The number of hydrogen-bond donors (Lipinski definition) is 0. The predicted molar refractivity (Wildman–Crippen MR) is 110 cm³/mol. The van der Waals surface area contributed by atoms with Crippen molar-refractivity contribution in [3.8, 4) is 11.1 Å². The summed E-state index contributed by atoms with van der Waals surface area (Å²) in [4.78, 5) is 0. The summed E-state index contributed by atoms with van der Waals surface area (Å²) in [6, 6.07) is 15.4. The average molecular weight is 371 g/mol. The van der Waals surface area contributed by atoms with Crippen LogP contribution in [0.5, 0.6) is 0 Å². The largest absolute Gasteiger partial charge is 0.263 e. The van der Waals surface area contributed by atoms with Gasteiger partial charge in [0.1, 0.15) is 0 Å². The molecule has 0 aliphatic heterocycles. The molecular weight excluding hydrogens is 338 g/mol. The molecule has 0 nitrogen and oxygen atoms in total. The molecule has 27 heavy (non-hydrogen) atoms. The first-order valence-electron chi connectivity index (χ1n) is 10.7. The molecule has 0 bridgehead atoms. The molecule has 0 atom stereocenters. The maximum atomic E-state index is 12.7. The van der Waals surface area contributed by atoms with Gasteiger partial charge in [0.2, 0.25) is 0 Å². The fraction of sp³-hybridized carbons (Fsp3) is 0.520. The first-order valence-corrected chi connectivity index (χ1v) is 10.7. The SMILES string of the molecule is CCCCCC[C@H]1CC[C@H](c2ccc(-c3ccc(C(F)F)cc3)cc2)CC1. The van der Waals surface area contributed by atoms with E-state index in [4.69, 9.17) is 0 Å². The lowest BCUT2D eigenvalue weighted by Gasteiger charge is -2.29. The third-order valence-corrected chi connectivity index (χ3v) is 6.19. The predicted octanol–water partition coefficient (Wildman–Crippen LogP) is 8.54. The molecule has 2 aromatic rings. The summed E-state index contributed by atoms with van der Waals surface area (Å²) >= 11 is 0. The Morgan fingerprint density at radius 3 is 1.93 bits per heavy atom. The van der Waals surface area contributed by atoms with E-state index >= 15 is 0 Å². The Morgan fingerprint density at radius 1 is 0.778 bits per heavy atom. The summed E-state index contributed by atoms with van der Waals surface area (Å²) in [5.74, 6) is 1.62. The topological polar surface area (TPSA) is 0 Å². The third kappa shape index (κ3) is 5.64. The quantitative estimate of drug-likeness (QED) is 0.408. The van der Waals surface area contributed by atoms with Crippen LogP contribution in [0.3, 0.4) is 0 Å². The lowest BCUT2D eigenvalue weighted by atomic mass is 9.77. The fourth-order valence-electron chi connectivity index (χ4n) is 4.41. The van der Waals surface area contributed by atoms with Crippen LogP contribution in [0.2, 0.25) is 0 Å². The summed E-state index contributed by atoms with van der Waals surface area (Å²) < 4.78 is 25.4. The second-order valence-corrected chi connectivity index (χ2v) is 8.11. The van der Waals surface area contributed by atoms with Crippen LogP contribution in [-0.2, 0) is 0 Å². The van der Waals surface area contributed by atoms with Crippen LogP contribution in [0.1, 0.15) is 88.2 Å². The van der Waals surface area contributed by atoms with Crippen molar-refractivity contribution < 1.29 is 8.78 Å². The van der Waals surface area contributed by atoms with Gasteiger partial charge in [0.05, 0.1) is 0 Å². The summed E-state index contributed by atoms with van der Waals surface area (Å²) in [5, 5.41) is 0. The molecule has 1 aliphatic rings. The van der Waals surface area contributed by atoms with E-state index in [9.17, 15) is 8.78 Å². The van der Waals surface area contributed by atoms with Crippen molar-refractivity contribution in [2.45, 2.75) is 77.1 Å². The second kappa shape index (κ2) is 10.0. The van der Waals surface area contributed by atoms with Crippen molar-refractivity contribution in [2.75, 3.05) is 0 Å². The van der Waals surface area contributed by atoms with Crippen LogP contribution < -0.4 is 0 Å². The van der Waals surface area contributed by atoms with Crippen LogP contribution >= 0.6 is 0 Å². The molecule has 0 aromatic heterocycles. The zero-order chi connectivity index (χ0) is 19.1. The van der Waals surface area contributed by atoms with Crippen LogP contribution in [0.15, 0.2) is 48.5 Å². The molecule has 2 heteroatoms. The molecule has 0 N–H and O–H groups in total. The molecule has 0 amide bonds. The van der Waals surface area contributed by atoms with Gasteiger partial charge in [-0.3, -0.25) is 0 Å². The number of halogens is 2. The van der Waals surface area contributed by atoms with Crippen molar-refractivity contribution in [3.63, 3.8) is 0 Å². The van der Waals surface area contributed by atoms with Gasteiger partial charge >= 0.3 is 0 Å². The standard InChI is InChI=1S/C25H32F2/c1-2-3-4-5-6-19-7-9-20(10-8-19)21-11-13-22(14-12-21)23-15-17-24(18-16-23)25(26)27/h11-20,25H,2-10H2,1H3/t19-,20-. The highest BCUT2D eigenvalue weighted by Gasteiger charge is 2.22. The maximum absolute atomic E-state index is 12.7. The Hall–Kier alpha value is -1.70. The highest BCUT2D eigenvalue weighted by atomic mass is 19.3. The van der Waals surface area contributed by atoms with E-state index in [2.05, 4.69) is 31.2 Å². The van der Waals surface area contributed by atoms with Crippen LogP contribution in [-0.4, -0.2) is 0 Å². The molecule has 2 aromatic carbocycles. The summed E-state index contributed by atoms with van der Waals surface area (Å²) in [6.07, 6.45) is 9.87. The Kier molecular flexibility index (Phi) is 7.43. The van der Waals surface area contributed by atoms with Gasteiger partial charge in [-0.15, -0.1) is 0 Å². The maximum Gasteiger partial charge on any atom is 0.263 e. The second-order valence-electron chi connectivity index (χ2n) is 8.11. The molecule has 0 spiro atoms. The number of benzene rings is 2. The fourth-order valence-corrected chi connectivity index (χ4v) is 4.41. The molecular formula is C25H32F2. The highest BCUT2D eigenvalue weighted by molar-refractivity contribution is 5.64. The molecule has 1 saturated carbocycles. The smallest absolute Gasteiger partial charge is 0.205 e. The van der Waals surface area contributed by atoms with Crippen LogP contribution in [0.25, 0.3) is 11.1 Å². The average Bonchev–Trinajstić information content (AvgIpc) is 2.72. The number of alkyl halides is 2. The minimum atomic E-state index is -2.40. The van der Waals surface area contributed by atoms with Crippen LogP contribution in [0.4, 0.5) is 8.78 Å². The lowest BCUT2D eigenvalue weighted by Crippen LogP contribution is -2.13. The van der Waals surface area contributed by atoms with E-state index in [-0.39, 0.29) is 5.56 Å². The molecule has 3 rings (SSSR count). The summed E-state index contributed by atoms with van der Waals surface area (Å²) in [6.45, 7) is 2.27. The number of unbranched alkanes of at least 4 members (excludes halogenated alkanes) is 3. The molecule has 1 aliphatic carbocycles. The first kappa shape index (κ1) is 20.0. The van der Waals surface area contributed by atoms with Gasteiger partial charge in [-0.2, -0.15) is 0 Å². The minimum absolute atomic E-state index is 0.0850. The minimum Gasteiger partial charge on any atom is -0.205 e. The van der Waals surface area contributed by atoms with Crippen molar-refractivity contribution in [3.05, 3.63) is 59.7 Å². The van der Waals surface area contributed by atoms with Gasteiger partial charge in [0.25, 0.3) is 6.43 Å². The van der Waals surface area contributed by atoms with Crippen molar-refractivity contribution in [1.82, 2.24) is 0 Å². The van der Waals surface area contributed by atoms with Gasteiger partial charge in [0.15, 0.2) is 0 Å². The number of hydrogen-bond acceptors (Lipinski definition) is 0. The van der Waals surface area contributed by atoms with E-state index in [1.165, 1.54) is 75.5 Å². The summed E-state index contributed by atoms with van der Waals surface area (Å²) in [5.41, 5.74) is 3.63. The van der Waals surface area contributed by atoms with Gasteiger partial charge < -0.3 is 0 Å². The zero-order valence-electron chi connectivity index (χ0n) is 16.5. The monoisotopic (exact) mass is 370 g/mol. The van der Waals surface area contributed by atoms with Crippen molar-refractivity contribution in [1.29, 1.82) is 0 Å². The first-order chi connectivity index (χ1) is 13.2. The summed E-state index contributed by atoms with van der Waals surface area (Å²) in [7, 11) is 0. The zero-order valence-corrected chi connectivity index (χ0v) is 16.5. The highest BCUT2D eigenvalue weighted by Crippen LogP contribution is 2.38. The van der Waals surface area contributed by atoms with Gasteiger partial charge in [-0.05, 0) is 54.2 Å². The van der Waals surface area contributed by atoms with E-state index in [1.54, 1.807) is 12.1 Å². The Balaban J connectivity index is 1.52. The van der Waals surface area contributed by atoms with Gasteiger partial charge in [-0.1, -0.05) is 87.6 Å². The van der Waals surface area contributed by atoms with E-state index in [0.717, 1.165) is 17.0 Å². The Morgan fingerprint density at radius 2 is 1.37 bits per heavy atom. The number of rotatable bonds is 8. The molecule has 146 valence electrons. The molecule has 1 fully saturated rings. The Labute approximate surface area is 163 Å². The molecule has 0 heterocycles. The third-order valence-electron chi connectivity index (χ3n) is 6.19. The van der Waals surface area contributed by atoms with E-state index in [0.29, 0.717) is 5.92 Å². The molecule has 0 unspecified atom stereocenters. The normalized spacial score (nSPS) is 20.1. The van der Waals surface area contributed by atoms with E-state index in [1.807, 2.05) is 0 Å². The Bertz CT molecular complexity index is 664. The van der Waals surface area contributed by atoms with Gasteiger partial charge in [-0.25, -0.2) is 8.78 Å². The van der Waals surface area contributed by atoms with Crippen LogP contribution in [0, 0.1) is 5.92 Å². The van der Waals surface area contributed by atoms with Crippen molar-refractivity contribution in [2.24, 2.45) is 5.92 Å². The molecule has 0 saturated heterocycles. The lowest BCUT2D eigenvalue weighted by molar-refractivity contribution is 0.151. The van der Waals surface area contributed by atoms with E-state index < -0.39 is 6.43 Å². The van der Waals surface area contributed by atoms with Crippen molar-refractivity contribution >= 4 is 0 Å². The molecule has 0 radical (unpaired) electrons. The van der Waals surface area contributed by atoms with Gasteiger partial charge in [0, 0.05) is 5.56 Å².